The van der Waals surface area contributed by atoms with E-state index >= 15 is 0 Å². The minimum absolute atomic E-state index is 0.195. The van der Waals surface area contributed by atoms with Crippen LogP contribution in [0.2, 0.25) is 5.02 Å². The summed E-state index contributed by atoms with van der Waals surface area (Å²) in [5.74, 6) is -0.286. The molecule has 1 N–H and O–H groups in total. The Bertz CT molecular complexity index is 985. The largest absolute Gasteiger partial charge is 0.416 e. The van der Waals surface area contributed by atoms with E-state index in [4.69, 9.17) is 11.6 Å². The fraction of sp³-hybridized carbons (Fsp3) is 0.158. The molecule has 2 aromatic carbocycles. The lowest BCUT2D eigenvalue weighted by atomic mass is 10.1. The third kappa shape index (κ3) is 4.67. The Hall–Kier alpha value is -2.38. The van der Waals surface area contributed by atoms with Gasteiger partial charge in [0.15, 0.2) is 5.13 Å². The van der Waals surface area contributed by atoms with E-state index in [-0.39, 0.29) is 17.4 Å². The van der Waals surface area contributed by atoms with Crippen LogP contribution < -0.4 is 5.32 Å². The second-order valence-electron chi connectivity index (χ2n) is 5.88. The van der Waals surface area contributed by atoms with Gasteiger partial charge in [0, 0.05) is 28.1 Å². The average Bonchev–Trinajstić information content (AvgIpc) is 3.03. The average molecular weight is 411 g/mol. The molecule has 1 heterocycles. The quantitative estimate of drug-likeness (QED) is 0.576. The van der Waals surface area contributed by atoms with Crippen LogP contribution in [0.25, 0.3) is 0 Å². The van der Waals surface area contributed by atoms with Crippen LogP contribution in [0.15, 0.2) is 48.7 Å². The normalized spacial score (nSPS) is 11.4. The summed E-state index contributed by atoms with van der Waals surface area (Å²) >= 11 is 7.23. The molecule has 0 radical (unpaired) electrons. The number of anilines is 1. The van der Waals surface area contributed by atoms with Crippen molar-refractivity contribution in [3.05, 3.63) is 80.8 Å². The number of carbonyl (C=O) groups excluding carboxylic acids is 1. The van der Waals surface area contributed by atoms with Crippen LogP contribution in [0, 0.1) is 6.92 Å². The molecular weight excluding hydrogens is 397 g/mol. The Morgan fingerprint density at radius 1 is 1.22 bits per heavy atom. The highest BCUT2D eigenvalue weighted by Crippen LogP contribution is 2.33. The molecule has 3 rings (SSSR count). The summed E-state index contributed by atoms with van der Waals surface area (Å²) in [5.41, 5.74) is 0.976. The molecule has 8 heteroatoms. The van der Waals surface area contributed by atoms with Gasteiger partial charge in [-0.1, -0.05) is 29.8 Å². The smallest absolute Gasteiger partial charge is 0.298 e. The van der Waals surface area contributed by atoms with E-state index in [9.17, 15) is 18.0 Å². The van der Waals surface area contributed by atoms with Crippen LogP contribution in [-0.4, -0.2) is 10.9 Å². The van der Waals surface area contributed by atoms with Crippen LogP contribution in [0.1, 0.15) is 31.9 Å². The van der Waals surface area contributed by atoms with E-state index in [1.54, 1.807) is 12.1 Å². The molecule has 0 atom stereocenters. The molecule has 0 aliphatic heterocycles. The highest BCUT2D eigenvalue weighted by atomic mass is 35.5. The van der Waals surface area contributed by atoms with E-state index in [1.165, 1.54) is 23.6 Å². The van der Waals surface area contributed by atoms with Gasteiger partial charge in [0.1, 0.15) is 0 Å². The van der Waals surface area contributed by atoms with Gasteiger partial charge in [0.05, 0.1) is 5.56 Å². The predicted octanol–water partition coefficient (Wildman–Crippen LogP) is 5.97. The van der Waals surface area contributed by atoms with Crippen molar-refractivity contribution in [2.24, 2.45) is 0 Å². The van der Waals surface area contributed by atoms with E-state index in [2.05, 4.69) is 10.3 Å². The lowest BCUT2D eigenvalue weighted by Gasteiger charge is -2.09. The molecule has 1 amide bonds. The number of nitrogens with zero attached hydrogens (tertiary/aromatic N) is 1. The van der Waals surface area contributed by atoms with Gasteiger partial charge in [-0.05, 0) is 42.3 Å². The Balaban J connectivity index is 1.75. The molecular formula is C19H14ClF3N2OS. The van der Waals surface area contributed by atoms with Crippen molar-refractivity contribution in [3.63, 3.8) is 0 Å². The number of halogens is 4. The second-order valence-corrected chi connectivity index (χ2v) is 7.40. The maximum absolute atomic E-state index is 12.9. The van der Waals surface area contributed by atoms with E-state index in [0.29, 0.717) is 21.1 Å². The summed E-state index contributed by atoms with van der Waals surface area (Å²) in [5, 5.41) is 3.34. The number of aryl methyl sites for hydroxylation is 1. The van der Waals surface area contributed by atoms with Crippen molar-refractivity contribution < 1.29 is 18.0 Å². The highest BCUT2D eigenvalue weighted by molar-refractivity contribution is 7.15. The zero-order valence-corrected chi connectivity index (χ0v) is 15.7. The van der Waals surface area contributed by atoms with Crippen molar-refractivity contribution >= 4 is 34.0 Å². The Morgan fingerprint density at radius 2 is 1.96 bits per heavy atom. The van der Waals surface area contributed by atoms with Crippen LogP contribution >= 0.6 is 22.9 Å². The Kier molecular flexibility index (Phi) is 5.53. The summed E-state index contributed by atoms with van der Waals surface area (Å²) in [6.45, 7) is 1.83. The zero-order chi connectivity index (χ0) is 19.6. The third-order valence-corrected chi connectivity index (χ3v) is 5.18. The predicted molar refractivity (Wildman–Crippen MR) is 101 cm³/mol. The molecule has 3 aromatic rings. The van der Waals surface area contributed by atoms with Crippen molar-refractivity contribution in [3.8, 4) is 0 Å². The van der Waals surface area contributed by atoms with Gasteiger partial charge in [0.2, 0.25) is 0 Å². The Labute approximate surface area is 162 Å². The molecule has 1 aromatic heterocycles. The van der Waals surface area contributed by atoms with Crippen molar-refractivity contribution in [2.45, 2.75) is 19.5 Å². The van der Waals surface area contributed by atoms with E-state index < -0.39 is 11.7 Å². The van der Waals surface area contributed by atoms with Crippen LogP contribution in [0.3, 0.4) is 0 Å². The van der Waals surface area contributed by atoms with Gasteiger partial charge >= 0.3 is 6.18 Å². The Morgan fingerprint density at radius 3 is 2.67 bits per heavy atom. The lowest BCUT2D eigenvalue weighted by molar-refractivity contribution is -0.137. The highest BCUT2D eigenvalue weighted by Gasteiger charge is 2.30. The van der Waals surface area contributed by atoms with Crippen molar-refractivity contribution in [2.75, 3.05) is 5.32 Å². The van der Waals surface area contributed by atoms with Crippen LogP contribution in [0.4, 0.5) is 18.3 Å². The van der Waals surface area contributed by atoms with E-state index in [1.807, 2.05) is 19.1 Å². The first-order valence-electron chi connectivity index (χ1n) is 7.91. The zero-order valence-electron chi connectivity index (χ0n) is 14.1. The maximum atomic E-state index is 12.9. The molecule has 0 unspecified atom stereocenters. The van der Waals surface area contributed by atoms with Crippen molar-refractivity contribution in [1.82, 2.24) is 4.98 Å². The molecule has 3 nitrogen and oxygen atoms in total. The minimum Gasteiger partial charge on any atom is -0.298 e. The number of nitrogens with one attached hydrogen (secondary N) is 1. The fourth-order valence-electron chi connectivity index (χ4n) is 2.51. The number of hydrogen-bond acceptors (Lipinski definition) is 3. The summed E-state index contributed by atoms with van der Waals surface area (Å²) in [6, 6.07) is 10.4. The molecule has 27 heavy (non-hydrogen) atoms. The topological polar surface area (TPSA) is 42.0 Å². The molecule has 0 aliphatic carbocycles. The molecule has 0 fully saturated rings. The van der Waals surface area contributed by atoms with Gasteiger partial charge in [-0.2, -0.15) is 13.2 Å². The van der Waals surface area contributed by atoms with Gasteiger partial charge in [-0.25, -0.2) is 4.98 Å². The van der Waals surface area contributed by atoms with Gasteiger partial charge < -0.3 is 0 Å². The van der Waals surface area contributed by atoms with Crippen molar-refractivity contribution in [1.29, 1.82) is 0 Å². The summed E-state index contributed by atoms with van der Waals surface area (Å²) in [4.78, 5) is 17.1. The van der Waals surface area contributed by atoms with Gasteiger partial charge in [-0.15, -0.1) is 11.3 Å². The molecule has 0 bridgehead atoms. The third-order valence-electron chi connectivity index (χ3n) is 3.90. The number of aromatic nitrogens is 1. The molecule has 140 valence electrons. The standard InChI is InChI=1S/C19H14ClF3N2OS/c1-11-4-2-3-5-15(11)17(26)25-18-24-10-14(27-18)9-12-8-13(19(21,22)23)6-7-16(12)20/h2-8,10H,9H2,1H3,(H,24,25,26). The lowest BCUT2D eigenvalue weighted by Crippen LogP contribution is -2.12. The first-order chi connectivity index (χ1) is 12.7. The maximum Gasteiger partial charge on any atom is 0.416 e. The van der Waals surface area contributed by atoms with Gasteiger partial charge in [-0.3, -0.25) is 10.1 Å². The summed E-state index contributed by atoms with van der Waals surface area (Å²) < 4.78 is 38.6. The molecule has 0 saturated carbocycles. The number of amides is 1. The number of rotatable bonds is 4. The SMILES string of the molecule is Cc1ccccc1C(=O)Nc1ncc(Cc2cc(C(F)(F)F)ccc2Cl)s1. The number of carbonyl (C=O) groups is 1. The van der Waals surface area contributed by atoms with E-state index in [0.717, 1.165) is 17.7 Å². The number of alkyl halides is 3. The van der Waals surface area contributed by atoms with Gasteiger partial charge in [0.25, 0.3) is 5.91 Å². The monoisotopic (exact) mass is 410 g/mol. The molecule has 0 aliphatic rings. The van der Waals surface area contributed by atoms with Crippen LogP contribution in [-0.2, 0) is 12.6 Å². The van der Waals surface area contributed by atoms with Crippen LogP contribution in [0.5, 0.6) is 0 Å². The first kappa shape index (κ1) is 19.4. The number of thiazole rings is 1. The first-order valence-corrected chi connectivity index (χ1v) is 9.11. The number of benzene rings is 2. The second kappa shape index (κ2) is 7.70. The number of hydrogen-bond donors (Lipinski definition) is 1. The summed E-state index contributed by atoms with van der Waals surface area (Å²) in [6.07, 6.45) is -2.71. The summed E-state index contributed by atoms with van der Waals surface area (Å²) in [7, 11) is 0. The minimum atomic E-state index is -4.43. The fourth-order valence-corrected chi connectivity index (χ4v) is 3.53. The molecule has 0 spiro atoms. The molecule has 0 saturated heterocycles.